The van der Waals surface area contributed by atoms with Gasteiger partial charge in [-0.3, -0.25) is 4.79 Å². The smallest absolute Gasteiger partial charge is 0.209 e. The van der Waals surface area contributed by atoms with Crippen LogP contribution in [-0.4, -0.2) is 22.1 Å². The standard InChI is InChI=1S/C15H15NO2/c17-10-12-8-9-16-13(12)6-7-14(16)15(18)11-4-2-1-3-5-11/h1-7,12,17H,8-10H2. The molecule has 0 aliphatic carbocycles. The van der Waals surface area contributed by atoms with Gasteiger partial charge in [0.05, 0.1) is 12.3 Å². The Kier molecular flexibility index (Phi) is 2.76. The Morgan fingerprint density at radius 3 is 2.72 bits per heavy atom. The molecule has 2 aromatic rings. The molecule has 92 valence electrons. The summed E-state index contributed by atoms with van der Waals surface area (Å²) in [5.74, 6) is 0.239. The molecular formula is C15H15NO2. The van der Waals surface area contributed by atoms with Crippen molar-refractivity contribution < 1.29 is 9.90 Å². The van der Waals surface area contributed by atoms with E-state index in [-0.39, 0.29) is 18.3 Å². The van der Waals surface area contributed by atoms with Crippen molar-refractivity contribution in [3.05, 3.63) is 59.4 Å². The van der Waals surface area contributed by atoms with Crippen molar-refractivity contribution >= 4 is 5.78 Å². The lowest BCUT2D eigenvalue weighted by molar-refractivity contribution is 0.103. The van der Waals surface area contributed by atoms with E-state index in [0.717, 1.165) is 24.4 Å². The first-order valence-corrected chi connectivity index (χ1v) is 6.21. The summed E-state index contributed by atoms with van der Waals surface area (Å²) in [5.41, 5.74) is 2.52. The molecule has 18 heavy (non-hydrogen) atoms. The quantitative estimate of drug-likeness (QED) is 0.837. The van der Waals surface area contributed by atoms with Crippen molar-refractivity contribution in [2.24, 2.45) is 0 Å². The molecule has 1 aromatic carbocycles. The Bertz CT molecular complexity index is 571. The zero-order valence-corrected chi connectivity index (χ0v) is 10.0. The maximum absolute atomic E-state index is 12.4. The summed E-state index contributed by atoms with van der Waals surface area (Å²) < 4.78 is 2.04. The van der Waals surface area contributed by atoms with Gasteiger partial charge in [-0.1, -0.05) is 30.3 Å². The van der Waals surface area contributed by atoms with Crippen LogP contribution >= 0.6 is 0 Å². The number of carbonyl (C=O) groups is 1. The third-order valence-corrected chi connectivity index (χ3v) is 3.62. The van der Waals surface area contributed by atoms with Crippen molar-refractivity contribution in [2.45, 2.75) is 18.9 Å². The number of rotatable bonds is 3. The zero-order valence-electron chi connectivity index (χ0n) is 10.0. The van der Waals surface area contributed by atoms with Gasteiger partial charge in [-0.15, -0.1) is 0 Å². The van der Waals surface area contributed by atoms with E-state index in [1.54, 1.807) is 0 Å². The third-order valence-electron chi connectivity index (χ3n) is 3.62. The Balaban J connectivity index is 1.98. The van der Waals surface area contributed by atoms with Crippen LogP contribution in [0.3, 0.4) is 0 Å². The fourth-order valence-corrected chi connectivity index (χ4v) is 2.64. The largest absolute Gasteiger partial charge is 0.396 e. The molecule has 1 unspecified atom stereocenters. The average molecular weight is 241 g/mol. The predicted molar refractivity (Wildman–Crippen MR) is 68.8 cm³/mol. The summed E-state index contributed by atoms with van der Waals surface area (Å²) >= 11 is 0. The molecule has 0 fully saturated rings. The highest BCUT2D eigenvalue weighted by atomic mass is 16.3. The summed E-state index contributed by atoms with van der Waals surface area (Å²) in [4.78, 5) is 12.4. The lowest BCUT2D eigenvalue weighted by Gasteiger charge is -2.05. The van der Waals surface area contributed by atoms with Crippen LogP contribution in [0.15, 0.2) is 42.5 Å². The van der Waals surface area contributed by atoms with Gasteiger partial charge < -0.3 is 9.67 Å². The van der Waals surface area contributed by atoms with E-state index in [0.29, 0.717) is 5.56 Å². The van der Waals surface area contributed by atoms with Gasteiger partial charge in [0.25, 0.3) is 0 Å². The van der Waals surface area contributed by atoms with Gasteiger partial charge >= 0.3 is 0 Å². The Morgan fingerprint density at radius 1 is 1.22 bits per heavy atom. The predicted octanol–water partition coefficient (Wildman–Crippen LogP) is 2.20. The second-order valence-electron chi connectivity index (χ2n) is 4.66. The van der Waals surface area contributed by atoms with Gasteiger partial charge in [0.15, 0.2) is 0 Å². The lowest BCUT2D eigenvalue weighted by Crippen LogP contribution is -2.08. The fraction of sp³-hybridized carbons (Fsp3) is 0.267. The molecule has 0 spiro atoms. The van der Waals surface area contributed by atoms with E-state index < -0.39 is 0 Å². The van der Waals surface area contributed by atoms with Crippen molar-refractivity contribution in [3.63, 3.8) is 0 Å². The van der Waals surface area contributed by atoms with Crippen molar-refractivity contribution in [1.29, 1.82) is 0 Å². The highest BCUT2D eigenvalue weighted by Crippen LogP contribution is 2.30. The topological polar surface area (TPSA) is 42.2 Å². The van der Waals surface area contributed by atoms with E-state index >= 15 is 0 Å². The van der Waals surface area contributed by atoms with Gasteiger partial charge in [-0.2, -0.15) is 0 Å². The summed E-state index contributed by atoms with van der Waals surface area (Å²) in [6, 6.07) is 13.1. The second-order valence-corrected chi connectivity index (χ2v) is 4.66. The molecule has 0 radical (unpaired) electrons. The van der Waals surface area contributed by atoms with Crippen LogP contribution in [0.25, 0.3) is 0 Å². The summed E-state index contributed by atoms with van der Waals surface area (Å²) in [5, 5.41) is 9.28. The van der Waals surface area contributed by atoms with E-state index in [1.807, 2.05) is 47.0 Å². The lowest BCUT2D eigenvalue weighted by atomic mass is 10.1. The number of carbonyl (C=O) groups excluding carboxylic acids is 1. The first-order chi connectivity index (χ1) is 8.81. The van der Waals surface area contributed by atoms with Crippen LogP contribution in [-0.2, 0) is 6.54 Å². The molecule has 1 aromatic heterocycles. The first-order valence-electron chi connectivity index (χ1n) is 6.21. The molecule has 3 nitrogen and oxygen atoms in total. The first kappa shape index (κ1) is 11.2. The number of nitrogens with zero attached hydrogens (tertiary/aromatic N) is 1. The number of hydrogen-bond acceptors (Lipinski definition) is 2. The van der Waals surface area contributed by atoms with Crippen LogP contribution in [0.5, 0.6) is 0 Å². The normalized spacial score (nSPS) is 17.7. The maximum atomic E-state index is 12.4. The van der Waals surface area contributed by atoms with Gasteiger partial charge in [-0.05, 0) is 18.6 Å². The minimum Gasteiger partial charge on any atom is -0.396 e. The van der Waals surface area contributed by atoms with Crippen LogP contribution in [0, 0.1) is 0 Å². The molecule has 3 rings (SSSR count). The van der Waals surface area contributed by atoms with Crippen molar-refractivity contribution in [2.75, 3.05) is 6.61 Å². The molecule has 1 aliphatic heterocycles. The maximum Gasteiger partial charge on any atom is 0.209 e. The monoisotopic (exact) mass is 241 g/mol. The van der Waals surface area contributed by atoms with Crippen molar-refractivity contribution in [3.8, 4) is 0 Å². The second kappa shape index (κ2) is 4.42. The van der Waals surface area contributed by atoms with Gasteiger partial charge in [0, 0.05) is 23.7 Å². The highest BCUT2D eigenvalue weighted by Gasteiger charge is 2.26. The molecular weight excluding hydrogens is 226 g/mol. The Labute approximate surface area is 106 Å². The van der Waals surface area contributed by atoms with E-state index in [1.165, 1.54) is 0 Å². The van der Waals surface area contributed by atoms with Crippen LogP contribution in [0.2, 0.25) is 0 Å². The molecule has 0 amide bonds. The molecule has 1 aliphatic rings. The number of aliphatic hydroxyl groups is 1. The summed E-state index contributed by atoms with van der Waals surface area (Å²) in [6.45, 7) is 0.977. The van der Waals surface area contributed by atoms with Crippen molar-refractivity contribution in [1.82, 2.24) is 4.57 Å². The number of benzene rings is 1. The summed E-state index contributed by atoms with van der Waals surface area (Å²) in [7, 11) is 0. The van der Waals surface area contributed by atoms with Gasteiger partial charge in [0.2, 0.25) is 5.78 Å². The highest BCUT2D eigenvalue weighted by molar-refractivity contribution is 6.08. The number of aliphatic hydroxyl groups excluding tert-OH is 1. The molecule has 0 bridgehead atoms. The van der Waals surface area contributed by atoms with Crippen LogP contribution in [0.4, 0.5) is 0 Å². The minimum atomic E-state index is 0.0560. The van der Waals surface area contributed by atoms with Crippen LogP contribution in [0.1, 0.15) is 34.1 Å². The SMILES string of the molecule is O=C(c1ccccc1)c1ccc2n1CCC2CO. The van der Waals surface area contributed by atoms with E-state index in [4.69, 9.17) is 0 Å². The van der Waals surface area contributed by atoms with Crippen LogP contribution < -0.4 is 0 Å². The molecule has 1 N–H and O–H groups in total. The van der Waals surface area contributed by atoms with Gasteiger partial charge in [-0.25, -0.2) is 0 Å². The minimum absolute atomic E-state index is 0.0560. The number of aromatic nitrogens is 1. The molecule has 0 saturated carbocycles. The Hall–Kier alpha value is -1.87. The molecule has 0 saturated heterocycles. The van der Waals surface area contributed by atoms with Gasteiger partial charge in [0.1, 0.15) is 0 Å². The number of ketones is 1. The number of fused-ring (bicyclic) bond motifs is 1. The average Bonchev–Trinajstić information content (AvgIpc) is 2.99. The van der Waals surface area contributed by atoms with E-state index in [2.05, 4.69) is 0 Å². The zero-order chi connectivity index (χ0) is 12.5. The van der Waals surface area contributed by atoms with E-state index in [9.17, 15) is 9.90 Å². The summed E-state index contributed by atoms with van der Waals surface area (Å²) in [6.07, 6.45) is 0.918. The Morgan fingerprint density at radius 2 is 2.00 bits per heavy atom. The number of hydrogen-bond donors (Lipinski definition) is 1. The molecule has 3 heteroatoms. The molecule has 1 atom stereocenters. The fourth-order valence-electron chi connectivity index (χ4n) is 2.64. The molecule has 2 heterocycles. The third kappa shape index (κ3) is 1.68.